The minimum absolute atomic E-state index is 0.155. The second kappa shape index (κ2) is 6.08. The van der Waals surface area contributed by atoms with Gasteiger partial charge in [-0.15, -0.1) is 11.3 Å². The summed E-state index contributed by atoms with van der Waals surface area (Å²) in [6.07, 6.45) is 4.69. The molecule has 0 aliphatic rings. The van der Waals surface area contributed by atoms with Crippen LogP contribution in [-0.4, -0.2) is 15.0 Å². The zero-order valence-electron chi connectivity index (χ0n) is 10.9. The van der Waals surface area contributed by atoms with Gasteiger partial charge in [-0.2, -0.15) is 0 Å². The molecule has 0 aliphatic carbocycles. The molecule has 0 saturated heterocycles. The minimum atomic E-state index is 0.155. The fourth-order valence-electron chi connectivity index (χ4n) is 1.62. The summed E-state index contributed by atoms with van der Waals surface area (Å²) in [5.74, 6) is 0. The molecule has 100 valence electrons. The van der Waals surface area contributed by atoms with Gasteiger partial charge in [-0.1, -0.05) is 19.1 Å². The number of thiazole rings is 1. The molecule has 0 bridgehead atoms. The van der Waals surface area contributed by atoms with Crippen LogP contribution in [-0.2, 0) is 6.42 Å². The summed E-state index contributed by atoms with van der Waals surface area (Å²) in [6, 6.07) is 3.89. The van der Waals surface area contributed by atoms with Gasteiger partial charge in [-0.05, 0) is 25.5 Å². The molecule has 4 nitrogen and oxygen atoms in total. The highest BCUT2D eigenvalue weighted by molar-refractivity contribution is 7.80. The molecule has 6 heteroatoms. The Hall–Kier alpha value is -1.53. The van der Waals surface area contributed by atoms with Crippen molar-refractivity contribution in [1.82, 2.24) is 9.97 Å². The Kier molecular flexibility index (Phi) is 4.44. The van der Waals surface area contributed by atoms with Gasteiger partial charge in [0, 0.05) is 11.1 Å². The summed E-state index contributed by atoms with van der Waals surface area (Å²) in [5.41, 5.74) is 7.08. The number of hydrogen-bond acceptors (Lipinski definition) is 5. The first-order valence-electron chi connectivity index (χ1n) is 6.07. The van der Waals surface area contributed by atoms with Crippen molar-refractivity contribution in [3.8, 4) is 0 Å². The number of nitrogens with two attached hydrogens (primary N) is 1. The van der Waals surface area contributed by atoms with Crippen LogP contribution in [0.4, 0.5) is 5.69 Å². The van der Waals surface area contributed by atoms with Crippen LogP contribution >= 0.6 is 23.6 Å². The van der Waals surface area contributed by atoms with Crippen LogP contribution in [0.15, 0.2) is 24.5 Å². The van der Waals surface area contributed by atoms with Gasteiger partial charge in [0.05, 0.1) is 23.6 Å². The van der Waals surface area contributed by atoms with E-state index in [1.807, 2.05) is 18.3 Å². The van der Waals surface area contributed by atoms with Crippen molar-refractivity contribution in [3.05, 3.63) is 40.1 Å². The summed E-state index contributed by atoms with van der Waals surface area (Å²) < 4.78 is 0. The number of rotatable bonds is 5. The van der Waals surface area contributed by atoms with E-state index in [1.165, 1.54) is 4.88 Å². The van der Waals surface area contributed by atoms with Gasteiger partial charge in [-0.3, -0.25) is 4.98 Å². The monoisotopic (exact) mass is 292 g/mol. The normalized spacial score (nSPS) is 12.1. The van der Waals surface area contributed by atoms with Crippen molar-refractivity contribution < 1.29 is 0 Å². The molecular weight excluding hydrogens is 276 g/mol. The fraction of sp³-hybridized carbons (Fsp3) is 0.308. The molecule has 0 saturated carbocycles. The van der Waals surface area contributed by atoms with Gasteiger partial charge in [0.25, 0.3) is 0 Å². The van der Waals surface area contributed by atoms with Crippen molar-refractivity contribution in [2.45, 2.75) is 26.3 Å². The first-order chi connectivity index (χ1) is 9.10. The number of nitrogens with one attached hydrogen (secondary N) is 1. The Bertz CT molecular complexity index is 562. The molecule has 0 aliphatic heterocycles. The maximum absolute atomic E-state index is 5.51. The van der Waals surface area contributed by atoms with Gasteiger partial charge in [-0.25, -0.2) is 4.98 Å². The van der Waals surface area contributed by atoms with Crippen molar-refractivity contribution >= 4 is 34.2 Å². The zero-order valence-corrected chi connectivity index (χ0v) is 12.5. The number of pyridine rings is 1. The molecule has 1 atom stereocenters. The average molecular weight is 292 g/mol. The van der Waals surface area contributed by atoms with E-state index < -0.39 is 0 Å². The molecule has 0 radical (unpaired) electrons. The number of anilines is 1. The molecule has 19 heavy (non-hydrogen) atoms. The van der Waals surface area contributed by atoms with E-state index in [0.717, 1.165) is 17.1 Å². The third-order valence-corrected chi connectivity index (χ3v) is 4.22. The lowest BCUT2D eigenvalue weighted by Gasteiger charge is -2.12. The largest absolute Gasteiger partial charge is 0.388 e. The molecule has 2 rings (SSSR count). The maximum Gasteiger partial charge on any atom is 0.122 e. The Balaban J connectivity index is 2.05. The number of hydrogen-bond donors (Lipinski definition) is 2. The van der Waals surface area contributed by atoms with Crippen LogP contribution in [0.2, 0.25) is 0 Å². The number of nitrogens with zero attached hydrogens (tertiary/aromatic N) is 2. The van der Waals surface area contributed by atoms with Crippen LogP contribution in [0.25, 0.3) is 0 Å². The van der Waals surface area contributed by atoms with Crippen LogP contribution in [0.3, 0.4) is 0 Å². The standard InChI is InChI=1S/C13H16N4S2/c1-3-10-7-16-13(19-10)8(2)17-9-4-5-11(12(14)18)15-6-9/h4-8,17H,3H2,1-2H3,(H2,14,18). The van der Waals surface area contributed by atoms with Crippen LogP contribution in [0.5, 0.6) is 0 Å². The van der Waals surface area contributed by atoms with Crippen molar-refractivity contribution in [2.24, 2.45) is 5.73 Å². The Labute approximate surface area is 122 Å². The molecular formula is C13H16N4S2. The SMILES string of the molecule is CCc1cnc(C(C)Nc2ccc(C(N)=S)nc2)s1. The molecule has 1 unspecified atom stereocenters. The average Bonchev–Trinajstić information content (AvgIpc) is 2.88. The summed E-state index contributed by atoms with van der Waals surface area (Å²) in [4.78, 5) is 10.2. The molecule has 2 aromatic rings. The smallest absolute Gasteiger partial charge is 0.122 e. The molecule has 2 aromatic heterocycles. The van der Waals surface area contributed by atoms with Crippen molar-refractivity contribution in [3.63, 3.8) is 0 Å². The molecule has 0 aromatic carbocycles. The quantitative estimate of drug-likeness (QED) is 0.830. The summed E-state index contributed by atoms with van der Waals surface area (Å²) >= 11 is 6.61. The summed E-state index contributed by atoms with van der Waals surface area (Å²) in [6.45, 7) is 4.22. The lowest BCUT2D eigenvalue weighted by Crippen LogP contribution is -2.12. The third-order valence-electron chi connectivity index (χ3n) is 2.69. The zero-order chi connectivity index (χ0) is 13.8. The van der Waals surface area contributed by atoms with Gasteiger partial charge < -0.3 is 11.1 Å². The first kappa shape index (κ1) is 13.9. The predicted octanol–water partition coefficient (Wildman–Crippen LogP) is 2.91. The Morgan fingerprint density at radius 2 is 2.21 bits per heavy atom. The summed E-state index contributed by atoms with van der Waals surface area (Å²) in [5, 5.41) is 4.44. The van der Waals surface area contributed by atoms with E-state index in [0.29, 0.717) is 10.7 Å². The third kappa shape index (κ3) is 3.48. The Morgan fingerprint density at radius 3 is 2.74 bits per heavy atom. The lowest BCUT2D eigenvalue weighted by molar-refractivity contribution is 0.868. The van der Waals surface area contributed by atoms with Crippen LogP contribution < -0.4 is 11.1 Å². The number of aromatic nitrogens is 2. The molecule has 2 heterocycles. The minimum Gasteiger partial charge on any atom is -0.388 e. The highest BCUT2D eigenvalue weighted by Crippen LogP contribution is 2.23. The van der Waals surface area contributed by atoms with Crippen LogP contribution in [0.1, 0.15) is 35.5 Å². The van der Waals surface area contributed by atoms with E-state index in [9.17, 15) is 0 Å². The van der Waals surface area contributed by atoms with Gasteiger partial charge >= 0.3 is 0 Å². The summed E-state index contributed by atoms with van der Waals surface area (Å²) in [7, 11) is 0. The van der Waals surface area contributed by atoms with Gasteiger partial charge in [0.2, 0.25) is 0 Å². The van der Waals surface area contributed by atoms with E-state index in [4.69, 9.17) is 18.0 Å². The van der Waals surface area contributed by atoms with Gasteiger partial charge in [0.15, 0.2) is 0 Å². The highest BCUT2D eigenvalue weighted by atomic mass is 32.1. The molecule has 3 N–H and O–H groups in total. The van der Waals surface area contributed by atoms with E-state index in [2.05, 4.69) is 29.1 Å². The number of thiocarbonyl (C=S) groups is 1. The topological polar surface area (TPSA) is 63.8 Å². The molecule has 0 fully saturated rings. The van der Waals surface area contributed by atoms with E-state index in [-0.39, 0.29) is 6.04 Å². The van der Waals surface area contributed by atoms with Crippen molar-refractivity contribution in [2.75, 3.05) is 5.32 Å². The predicted molar refractivity (Wildman–Crippen MR) is 83.7 cm³/mol. The van der Waals surface area contributed by atoms with Gasteiger partial charge in [0.1, 0.15) is 10.00 Å². The first-order valence-corrected chi connectivity index (χ1v) is 7.29. The van der Waals surface area contributed by atoms with E-state index in [1.54, 1.807) is 17.5 Å². The lowest BCUT2D eigenvalue weighted by atomic mass is 10.3. The molecule has 0 spiro atoms. The second-order valence-corrected chi connectivity index (χ2v) is 5.77. The Morgan fingerprint density at radius 1 is 1.42 bits per heavy atom. The molecule has 0 amide bonds. The van der Waals surface area contributed by atoms with E-state index >= 15 is 0 Å². The number of aryl methyl sites for hydroxylation is 1. The second-order valence-electron chi connectivity index (χ2n) is 4.18. The maximum atomic E-state index is 5.51. The van der Waals surface area contributed by atoms with Crippen molar-refractivity contribution in [1.29, 1.82) is 0 Å². The fourth-order valence-corrected chi connectivity index (χ4v) is 2.60. The highest BCUT2D eigenvalue weighted by Gasteiger charge is 2.10. The van der Waals surface area contributed by atoms with Crippen LogP contribution in [0, 0.1) is 0 Å².